The summed E-state index contributed by atoms with van der Waals surface area (Å²) in [6.07, 6.45) is -0.0144. The third-order valence-corrected chi connectivity index (χ3v) is 5.43. The third-order valence-electron chi connectivity index (χ3n) is 5.18. The van der Waals surface area contributed by atoms with Gasteiger partial charge in [-0.15, -0.1) is 0 Å². The lowest BCUT2D eigenvalue weighted by Crippen LogP contribution is -2.14. The first-order valence-corrected chi connectivity index (χ1v) is 10.1. The molecule has 0 radical (unpaired) electrons. The Morgan fingerprint density at radius 3 is 2.42 bits per heavy atom. The highest BCUT2D eigenvalue weighted by Gasteiger charge is 2.22. The van der Waals surface area contributed by atoms with E-state index in [2.05, 4.69) is 0 Å². The van der Waals surface area contributed by atoms with Crippen molar-refractivity contribution in [1.82, 2.24) is 4.57 Å². The van der Waals surface area contributed by atoms with Crippen LogP contribution in [0.5, 0.6) is 5.75 Å². The molecule has 156 valence electrons. The number of nitrogens with zero attached hydrogens (tertiary/aromatic N) is 1. The molecule has 4 aromatic rings. The molecular formula is C25H20ClNO4. The summed E-state index contributed by atoms with van der Waals surface area (Å²) in [7, 11) is 0. The molecular weight excluding hydrogens is 414 g/mol. The van der Waals surface area contributed by atoms with Crippen molar-refractivity contribution < 1.29 is 19.4 Å². The van der Waals surface area contributed by atoms with E-state index < -0.39 is 5.97 Å². The van der Waals surface area contributed by atoms with Crippen molar-refractivity contribution in [3.8, 4) is 5.75 Å². The number of fused-ring (bicyclic) bond motifs is 1. The van der Waals surface area contributed by atoms with E-state index in [0.717, 1.165) is 5.56 Å². The van der Waals surface area contributed by atoms with Crippen molar-refractivity contribution in [3.63, 3.8) is 0 Å². The molecule has 31 heavy (non-hydrogen) atoms. The number of rotatable bonds is 5. The maximum Gasteiger partial charge on any atom is 0.310 e. The van der Waals surface area contributed by atoms with Crippen LogP contribution >= 0.6 is 11.6 Å². The van der Waals surface area contributed by atoms with Crippen LogP contribution in [0.3, 0.4) is 0 Å². The first-order chi connectivity index (χ1) is 14.9. The number of benzene rings is 3. The number of carbonyl (C=O) groups is 2. The van der Waals surface area contributed by atoms with Gasteiger partial charge in [0.1, 0.15) is 12.4 Å². The largest absolute Gasteiger partial charge is 0.508 e. The van der Waals surface area contributed by atoms with E-state index in [4.69, 9.17) is 16.3 Å². The lowest BCUT2D eigenvalue weighted by Gasteiger charge is -2.08. The first kappa shape index (κ1) is 20.7. The molecule has 0 unspecified atom stereocenters. The molecule has 1 N–H and O–H groups in total. The number of carbonyl (C=O) groups excluding carboxylic acids is 2. The number of hydrogen-bond acceptors (Lipinski definition) is 4. The monoisotopic (exact) mass is 433 g/mol. The number of aromatic hydroxyl groups is 1. The van der Waals surface area contributed by atoms with Crippen LogP contribution in [0.15, 0.2) is 72.8 Å². The van der Waals surface area contributed by atoms with Gasteiger partial charge in [-0.05, 0) is 60.5 Å². The second-order valence-electron chi connectivity index (χ2n) is 7.24. The Bertz CT molecular complexity index is 1260. The number of hydrogen-bond donors (Lipinski definition) is 1. The first-order valence-electron chi connectivity index (χ1n) is 9.77. The fourth-order valence-corrected chi connectivity index (χ4v) is 3.74. The van der Waals surface area contributed by atoms with E-state index >= 15 is 0 Å². The van der Waals surface area contributed by atoms with Crippen LogP contribution in [0, 0.1) is 6.92 Å². The molecule has 1 aromatic heterocycles. The summed E-state index contributed by atoms with van der Waals surface area (Å²) in [4.78, 5) is 25.8. The Balaban J connectivity index is 1.67. The van der Waals surface area contributed by atoms with Gasteiger partial charge >= 0.3 is 5.97 Å². The van der Waals surface area contributed by atoms with Gasteiger partial charge in [0.15, 0.2) is 0 Å². The van der Waals surface area contributed by atoms with Crippen molar-refractivity contribution in [1.29, 1.82) is 0 Å². The minimum absolute atomic E-state index is 0.0144. The predicted octanol–water partition coefficient (Wildman–Crippen LogP) is 5.28. The predicted molar refractivity (Wildman–Crippen MR) is 119 cm³/mol. The van der Waals surface area contributed by atoms with Gasteiger partial charge in [0.25, 0.3) is 5.91 Å². The van der Waals surface area contributed by atoms with Crippen LogP contribution in [-0.2, 0) is 22.6 Å². The highest BCUT2D eigenvalue weighted by molar-refractivity contribution is 6.30. The van der Waals surface area contributed by atoms with Gasteiger partial charge in [0.05, 0.1) is 11.9 Å². The van der Waals surface area contributed by atoms with Crippen molar-refractivity contribution >= 4 is 34.4 Å². The molecule has 1 heterocycles. The van der Waals surface area contributed by atoms with E-state index in [0.29, 0.717) is 32.7 Å². The second-order valence-corrected chi connectivity index (χ2v) is 7.67. The minimum Gasteiger partial charge on any atom is -0.508 e. The molecule has 0 fully saturated rings. The summed E-state index contributed by atoms with van der Waals surface area (Å²) in [5, 5.41) is 11.2. The molecule has 4 rings (SSSR count). The van der Waals surface area contributed by atoms with Gasteiger partial charge in [-0.25, -0.2) is 0 Å². The molecule has 0 amide bonds. The molecule has 0 aliphatic heterocycles. The molecule has 0 atom stereocenters. The Hall–Kier alpha value is -3.57. The SMILES string of the molecule is Cc1c(CC(=O)OCc2ccccc2)c2cc(O)ccc2n1C(=O)c1ccc(Cl)cc1. The number of halogens is 1. The zero-order valence-electron chi connectivity index (χ0n) is 16.8. The summed E-state index contributed by atoms with van der Waals surface area (Å²) >= 11 is 5.94. The van der Waals surface area contributed by atoms with Gasteiger partial charge in [-0.3, -0.25) is 14.2 Å². The topological polar surface area (TPSA) is 68.5 Å². The second kappa shape index (κ2) is 8.66. The van der Waals surface area contributed by atoms with Crippen LogP contribution in [-0.4, -0.2) is 21.6 Å². The van der Waals surface area contributed by atoms with E-state index in [1.165, 1.54) is 6.07 Å². The van der Waals surface area contributed by atoms with Crippen LogP contribution < -0.4 is 0 Å². The Morgan fingerprint density at radius 1 is 1.00 bits per heavy atom. The summed E-state index contributed by atoms with van der Waals surface area (Å²) in [6.45, 7) is 1.96. The Kier molecular flexibility index (Phi) is 5.78. The van der Waals surface area contributed by atoms with E-state index in [1.54, 1.807) is 47.9 Å². The molecule has 0 saturated heterocycles. The lowest BCUT2D eigenvalue weighted by molar-refractivity contribution is -0.144. The van der Waals surface area contributed by atoms with Gasteiger partial charge < -0.3 is 9.84 Å². The van der Waals surface area contributed by atoms with E-state index in [1.807, 2.05) is 30.3 Å². The molecule has 0 aliphatic carbocycles. The normalized spacial score (nSPS) is 10.9. The zero-order valence-corrected chi connectivity index (χ0v) is 17.6. The summed E-state index contributed by atoms with van der Waals surface area (Å²) < 4.78 is 6.98. The average Bonchev–Trinajstić information content (AvgIpc) is 3.04. The van der Waals surface area contributed by atoms with Crippen LogP contribution in [0.1, 0.15) is 27.2 Å². The molecule has 6 heteroatoms. The standard InChI is InChI=1S/C25H20ClNO4/c1-16-21(14-24(29)31-15-17-5-3-2-4-6-17)22-13-20(28)11-12-23(22)27(16)25(30)18-7-9-19(26)10-8-18/h2-13,28H,14-15H2,1H3. The summed E-state index contributed by atoms with van der Waals surface area (Å²) in [5.74, 6) is -0.593. The van der Waals surface area contributed by atoms with E-state index in [9.17, 15) is 14.7 Å². The molecule has 0 saturated carbocycles. The van der Waals surface area contributed by atoms with E-state index in [-0.39, 0.29) is 24.7 Å². The Labute approximate surface area is 184 Å². The van der Waals surface area contributed by atoms with Crippen molar-refractivity contribution in [2.75, 3.05) is 0 Å². The maximum absolute atomic E-state index is 13.2. The van der Waals surface area contributed by atoms with Gasteiger partial charge in [-0.1, -0.05) is 41.9 Å². The number of phenolic OH excluding ortho intramolecular Hbond substituents is 1. The summed E-state index contributed by atoms with van der Waals surface area (Å²) in [6, 6.07) is 20.8. The fraction of sp³-hybridized carbons (Fsp3) is 0.120. The number of aromatic nitrogens is 1. The number of ether oxygens (including phenoxy) is 1. The highest BCUT2D eigenvalue weighted by Crippen LogP contribution is 2.30. The quantitative estimate of drug-likeness (QED) is 0.434. The molecule has 3 aromatic carbocycles. The van der Waals surface area contributed by atoms with Gasteiger partial charge in [-0.2, -0.15) is 0 Å². The van der Waals surface area contributed by atoms with Gasteiger partial charge in [0.2, 0.25) is 0 Å². The molecule has 0 spiro atoms. The third kappa shape index (κ3) is 4.32. The minimum atomic E-state index is -0.409. The zero-order chi connectivity index (χ0) is 22.0. The summed E-state index contributed by atoms with van der Waals surface area (Å²) in [5.41, 5.74) is 3.24. The highest BCUT2D eigenvalue weighted by atomic mass is 35.5. The van der Waals surface area contributed by atoms with Crippen LogP contribution in [0.2, 0.25) is 5.02 Å². The number of phenols is 1. The lowest BCUT2D eigenvalue weighted by atomic mass is 10.1. The fourth-order valence-electron chi connectivity index (χ4n) is 3.61. The smallest absolute Gasteiger partial charge is 0.310 e. The van der Waals surface area contributed by atoms with Crippen LogP contribution in [0.25, 0.3) is 10.9 Å². The van der Waals surface area contributed by atoms with Crippen molar-refractivity contribution in [2.24, 2.45) is 0 Å². The van der Waals surface area contributed by atoms with Crippen LogP contribution in [0.4, 0.5) is 0 Å². The molecule has 5 nitrogen and oxygen atoms in total. The van der Waals surface area contributed by atoms with Crippen molar-refractivity contribution in [2.45, 2.75) is 20.0 Å². The average molecular weight is 434 g/mol. The molecule has 0 bridgehead atoms. The number of esters is 1. The van der Waals surface area contributed by atoms with Gasteiger partial charge in [0, 0.05) is 21.7 Å². The Morgan fingerprint density at radius 2 is 1.71 bits per heavy atom. The molecule has 0 aliphatic rings. The van der Waals surface area contributed by atoms with Crippen molar-refractivity contribution in [3.05, 3.63) is 100 Å². The maximum atomic E-state index is 13.2.